The van der Waals surface area contributed by atoms with E-state index in [4.69, 9.17) is 4.42 Å². The first-order valence-corrected chi connectivity index (χ1v) is 7.06. The Morgan fingerprint density at radius 1 is 1.32 bits per heavy atom. The average Bonchev–Trinajstić information content (AvgIpc) is 2.83. The number of hydrogen-bond acceptors (Lipinski definition) is 4. The molecule has 2 aromatic rings. The fraction of sp³-hybridized carbons (Fsp3) is 0.375. The predicted octanol–water partition coefficient (Wildman–Crippen LogP) is 2.63. The maximum absolute atomic E-state index is 11.9. The number of nitrogens with one attached hydrogen (secondary N) is 2. The second-order valence-electron chi connectivity index (χ2n) is 5.66. The van der Waals surface area contributed by atoms with E-state index in [2.05, 4.69) is 15.6 Å². The number of aliphatic hydroxyl groups is 1. The van der Waals surface area contributed by atoms with Gasteiger partial charge in [-0.25, -0.2) is 9.78 Å². The Hall–Kier alpha value is -2.34. The molecule has 2 aromatic heterocycles. The summed E-state index contributed by atoms with van der Waals surface area (Å²) >= 11 is 0. The van der Waals surface area contributed by atoms with Gasteiger partial charge in [0.25, 0.3) is 0 Å². The number of hydrogen-bond donors (Lipinski definition) is 3. The van der Waals surface area contributed by atoms with E-state index in [1.165, 1.54) is 0 Å². The van der Waals surface area contributed by atoms with Gasteiger partial charge in [-0.3, -0.25) is 5.32 Å². The molecule has 1 atom stereocenters. The number of nitrogens with zero attached hydrogens (tertiary/aromatic N) is 1. The minimum atomic E-state index is -1.28. The molecule has 3 N–H and O–H groups in total. The molecule has 2 heterocycles. The van der Waals surface area contributed by atoms with Crippen LogP contribution in [0, 0.1) is 20.8 Å². The number of carbonyl (C=O) groups excluding carboxylic acids is 1. The molecule has 0 radical (unpaired) electrons. The number of urea groups is 1. The van der Waals surface area contributed by atoms with Gasteiger partial charge in [0.1, 0.15) is 22.9 Å². The monoisotopic (exact) mass is 303 g/mol. The second-order valence-corrected chi connectivity index (χ2v) is 5.66. The van der Waals surface area contributed by atoms with E-state index in [1.807, 2.05) is 19.9 Å². The quantitative estimate of drug-likeness (QED) is 0.810. The van der Waals surface area contributed by atoms with E-state index in [0.29, 0.717) is 17.3 Å². The Balaban J connectivity index is 1.95. The van der Waals surface area contributed by atoms with E-state index >= 15 is 0 Å². The molecule has 6 nitrogen and oxygen atoms in total. The van der Waals surface area contributed by atoms with E-state index in [9.17, 15) is 9.90 Å². The van der Waals surface area contributed by atoms with Crippen molar-refractivity contribution in [3.05, 3.63) is 47.0 Å². The summed E-state index contributed by atoms with van der Waals surface area (Å²) < 4.78 is 5.40. The zero-order valence-corrected chi connectivity index (χ0v) is 13.2. The second kappa shape index (κ2) is 6.19. The van der Waals surface area contributed by atoms with Gasteiger partial charge in [0, 0.05) is 5.69 Å². The molecule has 0 bridgehead atoms. The zero-order valence-electron chi connectivity index (χ0n) is 13.2. The molecule has 0 spiro atoms. The highest BCUT2D eigenvalue weighted by Crippen LogP contribution is 2.21. The third kappa shape index (κ3) is 4.08. The van der Waals surface area contributed by atoms with Crippen molar-refractivity contribution < 1.29 is 14.3 Å². The molecule has 118 valence electrons. The van der Waals surface area contributed by atoms with Crippen molar-refractivity contribution in [2.24, 2.45) is 0 Å². The summed E-state index contributed by atoms with van der Waals surface area (Å²) in [6.45, 7) is 7.20. The molecule has 22 heavy (non-hydrogen) atoms. The molecule has 0 aliphatic heterocycles. The maximum atomic E-state index is 11.9. The van der Waals surface area contributed by atoms with Gasteiger partial charge in [-0.2, -0.15) is 0 Å². The number of aromatic nitrogens is 1. The Labute approximate surface area is 129 Å². The molecule has 0 aliphatic rings. The van der Waals surface area contributed by atoms with Gasteiger partial charge in [-0.05, 0) is 57.5 Å². The lowest BCUT2D eigenvalue weighted by Crippen LogP contribution is -2.40. The van der Waals surface area contributed by atoms with Crippen LogP contribution in [0.5, 0.6) is 0 Å². The maximum Gasteiger partial charge on any atom is 0.320 e. The molecule has 0 saturated carbocycles. The number of amides is 2. The Bertz CT molecular complexity index is 657. The third-order valence-electron chi connectivity index (χ3n) is 3.20. The lowest BCUT2D eigenvalue weighted by Gasteiger charge is -2.21. The van der Waals surface area contributed by atoms with Crippen molar-refractivity contribution in [1.29, 1.82) is 0 Å². The van der Waals surface area contributed by atoms with Crippen LogP contribution < -0.4 is 10.6 Å². The minimum absolute atomic E-state index is 0.0244. The van der Waals surface area contributed by atoms with Crippen molar-refractivity contribution in [3.63, 3.8) is 0 Å². The summed E-state index contributed by atoms with van der Waals surface area (Å²) in [5.74, 6) is 1.59. The smallest absolute Gasteiger partial charge is 0.320 e. The summed E-state index contributed by atoms with van der Waals surface area (Å²) in [6, 6.07) is 6.73. The molecular weight excluding hydrogens is 282 g/mol. The van der Waals surface area contributed by atoms with Crippen LogP contribution in [0.15, 0.2) is 28.7 Å². The van der Waals surface area contributed by atoms with Gasteiger partial charge in [0.15, 0.2) is 0 Å². The molecule has 2 amide bonds. The molecule has 0 saturated heterocycles. The Morgan fingerprint density at radius 2 is 2.05 bits per heavy atom. The van der Waals surface area contributed by atoms with Gasteiger partial charge in [-0.1, -0.05) is 0 Å². The van der Waals surface area contributed by atoms with Crippen LogP contribution in [-0.4, -0.2) is 22.7 Å². The molecule has 0 aromatic carbocycles. The first-order valence-electron chi connectivity index (χ1n) is 7.06. The van der Waals surface area contributed by atoms with Crippen LogP contribution in [0.2, 0.25) is 0 Å². The lowest BCUT2D eigenvalue weighted by molar-refractivity contribution is 0.0364. The van der Waals surface area contributed by atoms with E-state index < -0.39 is 11.6 Å². The van der Waals surface area contributed by atoms with Gasteiger partial charge in [-0.15, -0.1) is 0 Å². The van der Waals surface area contributed by atoms with Crippen LogP contribution in [0.1, 0.15) is 29.7 Å². The van der Waals surface area contributed by atoms with E-state index in [1.54, 1.807) is 32.0 Å². The number of anilines is 1. The highest BCUT2D eigenvalue weighted by atomic mass is 16.4. The van der Waals surface area contributed by atoms with Gasteiger partial charge in [0.2, 0.25) is 0 Å². The first-order chi connectivity index (χ1) is 10.3. The predicted molar refractivity (Wildman–Crippen MR) is 83.7 cm³/mol. The highest BCUT2D eigenvalue weighted by molar-refractivity contribution is 5.88. The van der Waals surface area contributed by atoms with Crippen molar-refractivity contribution >= 4 is 11.8 Å². The standard InChI is InChI=1S/C16H21N3O3/c1-10-7-11(2)18-14(8-10)19-15(20)17-9-16(4,21)13-6-5-12(3)22-13/h5-8,21H,9H2,1-4H3,(H2,17,18,19,20). The summed E-state index contributed by atoms with van der Waals surface area (Å²) in [5.41, 5.74) is 0.566. The first kappa shape index (κ1) is 16.0. The van der Waals surface area contributed by atoms with Crippen LogP contribution in [-0.2, 0) is 5.60 Å². The summed E-state index contributed by atoms with van der Waals surface area (Å²) in [5, 5.41) is 15.6. The average molecular weight is 303 g/mol. The largest absolute Gasteiger partial charge is 0.463 e. The van der Waals surface area contributed by atoms with Crippen molar-refractivity contribution in [2.45, 2.75) is 33.3 Å². The van der Waals surface area contributed by atoms with Crippen LogP contribution in [0.4, 0.5) is 10.6 Å². The fourth-order valence-corrected chi connectivity index (χ4v) is 2.13. The van der Waals surface area contributed by atoms with Crippen LogP contribution >= 0.6 is 0 Å². The van der Waals surface area contributed by atoms with Crippen molar-refractivity contribution in [2.75, 3.05) is 11.9 Å². The summed E-state index contributed by atoms with van der Waals surface area (Å²) in [7, 11) is 0. The van der Waals surface area contributed by atoms with Crippen LogP contribution in [0.3, 0.4) is 0 Å². The lowest BCUT2D eigenvalue weighted by atomic mass is 10.0. The molecule has 6 heteroatoms. The number of aryl methyl sites for hydroxylation is 3. The number of pyridine rings is 1. The Morgan fingerprint density at radius 3 is 2.64 bits per heavy atom. The molecule has 0 aliphatic carbocycles. The number of furan rings is 1. The topological polar surface area (TPSA) is 87.4 Å². The van der Waals surface area contributed by atoms with Gasteiger partial charge >= 0.3 is 6.03 Å². The number of carbonyl (C=O) groups is 1. The SMILES string of the molecule is Cc1cc(C)nc(NC(=O)NCC(C)(O)c2ccc(C)o2)c1. The molecule has 2 rings (SSSR count). The van der Waals surface area contributed by atoms with Gasteiger partial charge in [0.05, 0.1) is 6.54 Å². The molecule has 0 fully saturated rings. The normalized spacial score (nSPS) is 13.5. The van der Waals surface area contributed by atoms with E-state index in [0.717, 1.165) is 11.3 Å². The molecule has 1 unspecified atom stereocenters. The van der Waals surface area contributed by atoms with E-state index in [-0.39, 0.29) is 6.54 Å². The summed E-state index contributed by atoms with van der Waals surface area (Å²) in [4.78, 5) is 16.1. The fourth-order valence-electron chi connectivity index (χ4n) is 2.13. The van der Waals surface area contributed by atoms with Crippen molar-refractivity contribution in [3.8, 4) is 0 Å². The number of rotatable bonds is 4. The van der Waals surface area contributed by atoms with Crippen molar-refractivity contribution in [1.82, 2.24) is 10.3 Å². The Kier molecular flexibility index (Phi) is 4.51. The molecular formula is C16H21N3O3. The summed E-state index contributed by atoms with van der Waals surface area (Å²) in [6.07, 6.45) is 0. The highest BCUT2D eigenvalue weighted by Gasteiger charge is 2.27. The third-order valence-corrected chi connectivity index (χ3v) is 3.20. The van der Waals surface area contributed by atoms with Crippen LogP contribution in [0.25, 0.3) is 0 Å². The minimum Gasteiger partial charge on any atom is -0.463 e. The zero-order chi connectivity index (χ0) is 16.3. The van der Waals surface area contributed by atoms with Gasteiger partial charge < -0.3 is 14.8 Å².